The SMILES string of the molecule is CCOC(=O)C1(C(C)(C)O)CC2CCC1CC2. The zero-order chi connectivity index (χ0) is 12.7. The molecule has 1 atom stereocenters. The number of hydrogen-bond donors (Lipinski definition) is 1. The normalized spacial score (nSPS) is 36.9. The van der Waals surface area contributed by atoms with E-state index in [-0.39, 0.29) is 5.97 Å². The highest BCUT2D eigenvalue weighted by Crippen LogP contribution is 2.57. The smallest absolute Gasteiger partial charge is 0.315 e. The van der Waals surface area contributed by atoms with Crippen LogP contribution in [0.2, 0.25) is 0 Å². The fourth-order valence-electron chi connectivity index (χ4n) is 3.99. The monoisotopic (exact) mass is 240 g/mol. The Hall–Kier alpha value is -0.570. The first-order chi connectivity index (χ1) is 7.91. The molecule has 0 aromatic carbocycles. The summed E-state index contributed by atoms with van der Waals surface area (Å²) in [6.07, 6.45) is 5.35. The average Bonchev–Trinajstić information content (AvgIpc) is 2.29. The molecule has 1 unspecified atom stereocenters. The summed E-state index contributed by atoms with van der Waals surface area (Å²) in [7, 11) is 0. The second kappa shape index (κ2) is 4.27. The van der Waals surface area contributed by atoms with Gasteiger partial charge < -0.3 is 9.84 Å². The molecule has 0 aromatic heterocycles. The molecule has 3 fully saturated rings. The molecule has 3 nitrogen and oxygen atoms in total. The molecule has 2 bridgehead atoms. The van der Waals surface area contributed by atoms with Gasteiger partial charge in [0, 0.05) is 0 Å². The number of ether oxygens (including phenoxy) is 1. The summed E-state index contributed by atoms with van der Waals surface area (Å²) in [4.78, 5) is 12.4. The standard InChI is InChI=1S/C14H24O3/c1-4-17-12(15)14(13(2,3)16)9-10-5-7-11(14)8-6-10/h10-11,16H,4-9H2,1-3H3. The summed E-state index contributed by atoms with van der Waals surface area (Å²) >= 11 is 0. The quantitative estimate of drug-likeness (QED) is 0.771. The first-order valence-electron chi connectivity index (χ1n) is 6.81. The number of carbonyl (C=O) groups excluding carboxylic acids is 1. The maximum atomic E-state index is 12.4. The van der Waals surface area contributed by atoms with E-state index in [9.17, 15) is 9.90 Å². The third-order valence-corrected chi connectivity index (χ3v) is 4.89. The van der Waals surface area contributed by atoms with Gasteiger partial charge in [-0.05, 0) is 51.9 Å². The van der Waals surface area contributed by atoms with Crippen molar-refractivity contribution in [2.45, 2.75) is 58.5 Å². The van der Waals surface area contributed by atoms with Gasteiger partial charge in [-0.25, -0.2) is 0 Å². The number of aliphatic hydroxyl groups is 1. The van der Waals surface area contributed by atoms with Gasteiger partial charge in [0.2, 0.25) is 0 Å². The zero-order valence-corrected chi connectivity index (χ0v) is 11.2. The molecule has 0 aliphatic heterocycles. The van der Waals surface area contributed by atoms with Crippen molar-refractivity contribution >= 4 is 5.97 Å². The van der Waals surface area contributed by atoms with E-state index < -0.39 is 11.0 Å². The van der Waals surface area contributed by atoms with Crippen LogP contribution in [0.4, 0.5) is 0 Å². The lowest BCUT2D eigenvalue weighted by molar-refractivity contribution is -0.196. The molecule has 1 N–H and O–H groups in total. The molecule has 0 heterocycles. The molecular weight excluding hydrogens is 216 g/mol. The number of hydrogen-bond acceptors (Lipinski definition) is 3. The van der Waals surface area contributed by atoms with Crippen molar-refractivity contribution in [2.24, 2.45) is 17.3 Å². The number of rotatable bonds is 3. The topological polar surface area (TPSA) is 46.5 Å². The van der Waals surface area contributed by atoms with Gasteiger partial charge in [0.15, 0.2) is 0 Å². The summed E-state index contributed by atoms with van der Waals surface area (Å²) < 4.78 is 5.26. The van der Waals surface area contributed by atoms with Crippen LogP contribution in [0.25, 0.3) is 0 Å². The van der Waals surface area contributed by atoms with E-state index in [1.165, 1.54) is 12.8 Å². The summed E-state index contributed by atoms with van der Waals surface area (Å²) in [5, 5.41) is 10.5. The van der Waals surface area contributed by atoms with Crippen molar-refractivity contribution in [3.63, 3.8) is 0 Å². The first-order valence-corrected chi connectivity index (χ1v) is 6.81. The van der Waals surface area contributed by atoms with Crippen LogP contribution in [0, 0.1) is 17.3 Å². The Balaban J connectivity index is 2.34. The van der Waals surface area contributed by atoms with Crippen molar-refractivity contribution in [3.05, 3.63) is 0 Å². The maximum absolute atomic E-state index is 12.4. The van der Waals surface area contributed by atoms with Crippen LogP contribution in [0.15, 0.2) is 0 Å². The highest BCUT2D eigenvalue weighted by Gasteiger charge is 2.60. The lowest BCUT2D eigenvalue weighted by atomic mass is 9.50. The average molecular weight is 240 g/mol. The van der Waals surface area contributed by atoms with E-state index in [1.807, 2.05) is 6.92 Å². The van der Waals surface area contributed by atoms with Crippen molar-refractivity contribution in [1.29, 1.82) is 0 Å². The molecule has 0 amide bonds. The van der Waals surface area contributed by atoms with Gasteiger partial charge in [-0.2, -0.15) is 0 Å². The molecule has 3 saturated carbocycles. The van der Waals surface area contributed by atoms with Crippen molar-refractivity contribution < 1.29 is 14.6 Å². The van der Waals surface area contributed by atoms with E-state index in [0.717, 1.165) is 19.3 Å². The van der Waals surface area contributed by atoms with E-state index in [0.29, 0.717) is 18.4 Å². The number of carbonyl (C=O) groups is 1. The minimum atomic E-state index is -0.983. The van der Waals surface area contributed by atoms with Crippen LogP contribution in [-0.2, 0) is 9.53 Å². The third-order valence-electron chi connectivity index (χ3n) is 4.89. The zero-order valence-electron chi connectivity index (χ0n) is 11.2. The highest BCUT2D eigenvalue weighted by molar-refractivity contribution is 5.79. The summed E-state index contributed by atoms with van der Waals surface area (Å²) in [6.45, 7) is 5.76. The number of esters is 1. The Kier molecular flexibility index (Phi) is 3.23. The Bertz CT molecular complexity index is 297. The Morgan fingerprint density at radius 3 is 2.29 bits per heavy atom. The predicted octanol–water partition coefficient (Wildman–Crippen LogP) is 2.52. The van der Waals surface area contributed by atoms with Gasteiger partial charge >= 0.3 is 5.97 Å². The third kappa shape index (κ3) is 1.88. The van der Waals surface area contributed by atoms with E-state index in [4.69, 9.17) is 4.74 Å². The largest absolute Gasteiger partial charge is 0.465 e. The van der Waals surface area contributed by atoms with Gasteiger partial charge in [0.1, 0.15) is 0 Å². The van der Waals surface area contributed by atoms with Gasteiger partial charge in [0.05, 0.1) is 17.6 Å². The van der Waals surface area contributed by atoms with E-state index in [1.54, 1.807) is 13.8 Å². The fourth-order valence-corrected chi connectivity index (χ4v) is 3.99. The van der Waals surface area contributed by atoms with Crippen LogP contribution >= 0.6 is 0 Å². The molecule has 3 rings (SSSR count). The van der Waals surface area contributed by atoms with Crippen molar-refractivity contribution in [2.75, 3.05) is 6.61 Å². The fraction of sp³-hybridized carbons (Fsp3) is 0.929. The van der Waals surface area contributed by atoms with Crippen LogP contribution < -0.4 is 0 Å². The molecule has 0 radical (unpaired) electrons. The van der Waals surface area contributed by atoms with Gasteiger partial charge in [-0.1, -0.05) is 12.8 Å². The van der Waals surface area contributed by atoms with Gasteiger partial charge in [-0.15, -0.1) is 0 Å². The highest BCUT2D eigenvalue weighted by atomic mass is 16.5. The van der Waals surface area contributed by atoms with Crippen molar-refractivity contribution in [3.8, 4) is 0 Å². The molecule has 3 aliphatic rings. The Morgan fingerprint density at radius 1 is 1.35 bits per heavy atom. The Morgan fingerprint density at radius 2 is 1.94 bits per heavy atom. The Labute approximate surface area is 104 Å². The minimum Gasteiger partial charge on any atom is -0.465 e. The van der Waals surface area contributed by atoms with Crippen LogP contribution in [0.3, 0.4) is 0 Å². The lowest BCUT2D eigenvalue weighted by Gasteiger charge is -2.55. The minimum absolute atomic E-state index is 0.179. The number of fused-ring (bicyclic) bond motifs is 3. The van der Waals surface area contributed by atoms with E-state index in [2.05, 4.69) is 0 Å². The summed E-state index contributed by atoms with van der Waals surface area (Å²) in [6, 6.07) is 0. The van der Waals surface area contributed by atoms with Crippen LogP contribution in [-0.4, -0.2) is 23.3 Å². The molecule has 0 saturated heterocycles. The maximum Gasteiger partial charge on any atom is 0.315 e. The molecule has 0 aromatic rings. The molecule has 3 heteroatoms. The molecule has 0 spiro atoms. The molecular formula is C14H24O3. The van der Waals surface area contributed by atoms with Gasteiger partial charge in [0.25, 0.3) is 0 Å². The molecule has 98 valence electrons. The molecule has 3 aliphatic carbocycles. The lowest BCUT2D eigenvalue weighted by Crippen LogP contribution is -2.59. The second-order valence-corrected chi connectivity index (χ2v) is 6.17. The van der Waals surface area contributed by atoms with E-state index >= 15 is 0 Å². The first kappa shape index (κ1) is 12.9. The van der Waals surface area contributed by atoms with Crippen molar-refractivity contribution in [1.82, 2.24) is 0 Å². The molecule has 17 heavy (non-hydrogen) atoms. The van der Waals surface area contributed by atoms with Crippen LogP contribution in [0.1, 0.15) is 52.9 Å². The second-order valence-electron chi connectivity index (χ2n) is 6.17. The predicted molar refractivity (Wildman–Crippen MR) is 65.4 cm³/mol. The summed E-state index contributed by atoms with van der Waals surface area (Å²) in [5.41, 5.74) is -1.65. The van der Waals surface area contributed by atoms with Crippen LogP contribution in [0.5, 0.6) is 0 Å². The summed E-state index contributed by atoms with van der Waals surface area (Å²) in [5.74, 6) is 0.712. The van der Waals surface area contributed by atoms with Gasteiger partial charge in [-0.3, -0.25) is 4.79 Å².